The Bertz CT molecular complexity index is 599. The second kappa shape index (κ2) is 7.57. The molecule has 0 fully saturated rings. The van der Waals surface area contributed by atoms with Crippen molar-refractivity contribution < 1.29 is 18.3 Å². The van der Waals surface area contributed by atoms with Crippen molar-refractivity contribution >= 4 is 0 Å². The molecule has 2 aromatic rings. The van der Waals surface area contributed by atoms with E-state index in [0.717, 1.165) is 17.7 Å². The third-order valence-electron chi connectivity index (χ3n) is 3.72. The predicted octanol–water partition coefficient (Wildman–Crippen LogP) is 3.70. The maximum Gasteiger partial charge on any atom is 0.416 e. The quantitative estimate of drug-likeness (QED) is 0.851. The highest BCUT2D eigenvalue weighted by Crippen LogP contribution is 2.30. The van der Waals surface area contributed by atoms with Gasteiger partial charge in [0.05, 0.1) is 11.7 Å². The van der Waals surface area contributed by atoms with Gasteiger partial charge in [-0.05, 0) is 41.8 Å². The maximum atomic E-state index is 12.6. The van der Waals surface area contributed by atoms with Crippen LogP contribution in [-0.2, 0) is 12.7 Å². The molecule has 124 valence electrons. The van der Waals surface area contributed by atoms with Crippen molar-refractivity contribution in [2.75, 3.05) is 0 Å². The minimum absolute atomic E-state index is 0.250. The number of alkyl halides is 3. The number of hydrogen-bond acceptors (Lipinski definition) is 3. The second-order valence-corrected chi connectivity index (χ2v) is 5.32. The molecule has 0 amide bonds. The van der Waals surface area contributed by atoms with Gasteiger partial charge in [-0.25, -0.2) is 0 Å². The van der Waals surface area contributed by atoms with Gasteiger partial charge < -0.3 is 10.4 Å². The van der Waals surface area contributed by atoms with Crippen molar-refractivity contribution in [3.63, 3.8) is 0 Å². The van der Waals surface area contributed by atoms with E-state index in [4.69, 9.17) is 0 Å². The molecule has 0 aliphatic rings. The number of rotatable bonds is 6. The van der Waals surface area contributed by atoms with Crippen LogP contribution in [0.2, 0.25) is 0 Å². The monoisotopic (exact) mass is 324 g/mol. The Morgan fingerprint density at radius 1 is 1.09 bits per heavy atom. The fraction of sp³-hybridized carbons (Fsp3) is 0.353. The molecule has 2 unspecified atom stereocenters. The van der Waals surface area contributed by atoms with Crippen molar-refractivity contribution in [2.45, 2.75) is 38.2 Å². The van der Waals surface area contributed by atoms with Crippen LogP contribution in [0.4, 0.5) is 13.2 Å². The summed E-state index contributed by atoms with van der Waals surface area (Å²) >= 11 is 0. The van der Waals surface area contributed by atoms with Crippen LogP contribution < -0.4 is 5.32 Å². The van der Waals surface area contributed by atoms with Gasteiger partial charge in [0.2, 0.25) is 0 Å². The summed E-state index contributed by atoms with van der Waals surface area (Å²) in [6, 6.07) is 8.12. The highest BCUT2D eigenvalue weighted by atomic mass is 19.4. The number of aromatic nitrogens is 1. The molecule has 0 aliphatic carbocycles. The summed E-state index contributed by atoms with van der Waals surface area (Å²) in [5.41, 5.74) is 0.774. The summed E-state index contributed by atoms with van der Waals surface area (Å²) in [5.74, 6) is 0. The Hall–Kier alpha value is -1.92. The third-order valence-corrected chi connectivity index (χ3v) is 3.72. The van der Waals surface area contributed by atoms with Gasteiger partial charge in [0.1, 0.15) is 0 Å². The summed E-state index contributed by atoms with van der Waals surface area (Å²) in [6.07, 6.45) is -1.22. The molecule has 0 bridgehead atoms. The fourth-order valence-corrected chi connectivity index (χ4v) is 2.33. The zero-order valence-electron chi connectivity index (χ0n) is 12.7. The van der Waals surface area contributed by atoms with Crippen molar-refractivity contribution in [3.05, 3.63) is 65.5 Å². The number of halogens is 3. The lowest BCUT2D eigenvalue weighted by atomic mass is 9.99. The van der Waals surface area contributed by atoms with Crippen LogP contribution in [0.3, 0.4) is 0 Å². The van der Waals surface area contributed by atoms with Crippen LogP contribution in [0.15, 0.2) is 48.8 Å². The number of benzene rings is 1. The minimum atomic E-state index is -4.37. The highest BCUT2D eigenvalue weighted by Gasteiger charge is 2.30. The van der Waals surface area contributed by atoms with E-state index in [1.807, 2.05) is 19.1 Å². The number of pyridine rings is 1. The summed E-state index contributed by atoms with van der Waals surface area (Å²) in [4.78, 5) is 3.93. The van der Waals surface area contributed by atoms with E-state index in [1.165, 1.54) is 12.1 Å². The van der Waals surface area contributed by atoms with Gasteiger partial charge in [-0.2, -0.15) is 13.2 Å². The smallest absolute Gasteiger partial charge is 0.387 e. The molecule has 1 aromatic carbocycles. The van der Waals surface area contributed by atoms with E-state index in [1.54, 1.807) is 12.4 Å². The van der Waals surface area contributed by atoms with Gasteiger partial charge in [0, 0.05) is 25.0 Å². The van der Waals surface area contributed by atoms with Gasteiger partial charge >= 0.3 is 6.18 Å². The Morgan fingerprint density at radius 3 is 2.22 bits per heavy atom. The average Bonchev–Trinajstić information content (AvgIpc) is 2.55. The molecule has 1 aromatic heterocycles. The van der Waals surface area contributed by atoms with Crippen LogP contribution in [0.25, 0.3) is 0 Å². The molecule has 1 heterocycles. The number of nitrogens with zero attached hydrogens (tertiary/aromatic N) is 1. The van der Waals surface area contributed by atoms with Crippen LogP contribution in [0.5, 0.6) is 0 Å². The lowest BCUT2D eigenvalue weighted by Gasteiger charge is -2.23. The second-order valence-electron chi connectivity index (χ2n) is 5.32. The molecule has 6 heteroatoms. The van der Waals surface area contributed by atoms with E-state index in [2.05, 4.69) is 10.3 Å². The highest BCUT2D eigenvalue weighted by molar-refractivity contribution is 5.27. The molecule has 2 rings (SSSR count). The predicted molar refractivity (Wildman–Crippen MR) is 81.6 cm³/mol. The molecule has 3 nitrogen and oxygen atoms in total. The molecule has 2 atom stereocenters. The summed E-state index contributed by atoms with van der Waals surface area (Å²) in [6.45, 7) is 2.47. The molecular weight excluding hydrogens is 305 g/mol. The van der Waals surface area contributed by atoms with Crippen LogP contribution >= 0.6 is 0 Å². The molecular formula is C17H19F3N2O. The summed E-state index contributed by atoms with van der Waals surface area (Å²) in [7, 11) is 0. The molecule has 0 aliphatic heterocycles. The topological polar surface area (TPSA) is 45.2 Å². The Balaban J connectivity index is 2.03. The number of hydrogen-bond donors (Lipinski definition) is 2. The summed E-state index contributed by atoms with van der Waals surface area (Å²) < 4.78 is 37.7. The maximum absolute atomic E-state index is 12.6. The standard InChI is InChI=1S/C17H19F3N2O/c1-2-15(22-11-12-7-9-21-10-8-12)16(23)13-3-5-14(6-4-13)17(18,19)20/h3-10,15-16,22-23H,2,11H2,1H3. The molecule has 0 saturated heterocycles. The number of nitrogens with one attached hydrogen (secondary N) is 1. The fourth-order valence-electron chi connectivity index (χ4n) is 2.33. The molecule has 0 radical (unpaired) electrons. The van der Waals surface area contributed by atoms with Crippen molar-refractivity contribution in [3.8, 4) is 0 Å². The average molecular weight is 324 g/mol. The zero-order chi connectivity index (χ0) is 16.9. The molecule has 0 spiro atoms. The first kappa shape index (κ1) is 17.4. The van der Waals surface area contributed by atoms with Crippen LogP contribution in [0.1, 0.15) is 36.1 Å². The van der Waals surface area contributed by atoms with Crippen LogP contribution in [-0.4, -0.2) is 16.1 Å². The zero-order valence-corrected chi connectivity index (χ0v) is 12.7. The van der Waals surface area contributed by atoms with E-state index in [9.17, 15) is 18.3 Å². The van der Waals surface area contributed by atoms with Crippen molar-refractivity contribution in [2.24, 2.45) is 0 Å². The van der Waals surface area contributed by atoms with E-state index < -0.39 is 17.8 Å². The van der Waals surface area contributed by atoms with Gasteiger partial charge in [0.25, 0.3) is 0 Å². The lowest BCUT2D eigenvalue weighted by Crippen LogP contribution is -2.34. The largest absolute Gasteiger partial charge is 0.416 e. The number of aliphatic hydroxyl groups is 1. The third kappa shape index (κ3) is 4.77. The molecule has 0 saturated carbocycles. The van der Waals surface area contributed by atoms with Crippen molar-refractivity contribution in [1.29, 1.82) is 0 Å². The Labute approximate surface area is 133 Å². The lowest BCUT2D eigenvalue weighted by molar-refractivity contribution is -0.137. The first-order chi connectivity index (χ1) is 10.9. The molecule has 2 N–H and O–H groups in total. The van der Waals surface area contributed by atoms with Crippen LogP contribution in [0, 0.1) is 0 Å². The molecule has 23 heavy (non-hydrogen) atoms. The van der Waals surface area contributed by atoms with Gasteiger partial charge in [0.15, 0.2) is 0 Å². The normalized spacial score (nSPS) is 14.5. The summed E-state index contributed by atoms with van der Waals surface area (Å²) in [5, 5.41) is 13.6. The SMILES string of the molecule is CCC(NCc1ccncc1)C(O)c1ccc(C(F)(F)F)cc1. The van der Waals surface area contributed by atoms with E-state index >= 15 is 0 Å². The van der Waals surface area contributed by atoms with Gasteiger partial charge in [-0.3, -0.25) is 4.98 Å². The van der Waals surface area contributed by atoms with E-state index in [0.29, 0.717) is 18.5 Å². The van der Waals surface area contributed by atoms with Gasteiger partial charge in [-0.1, -0.05) is 19.1 Å². The minimum Gasteiger partial charge on any atom is -0.387 e. The first-order valence-electron chi connectivity index (χ1n) is 7.39. The Morgan fingerprint density at radius 2 is 1.70 bits per heavy atom. The Kier molecular flexibility index (Phi) is 5.74. The van der Waals surface area contributed by atoms with E-state index in [-0.39, 0.29) is 6.04 Å². The number of aliphatic hydroxyl groups excluding tert-OH is 1. The van der Waals surface area contributed by atoms with Crippen molar-refractivity contribution in [1.82, 2.24) is 10.3 Å². The van der Waals surface area contributed by atoms with Gasteiger partial charge in [-0.15, -0.1) is 0 Å². The first-order valence-corrected chi connectivity index (χ1v) is 7.39.